The molecule has 3 heteroatoms. The summed E-state index contributed by atoms with van der Waals surface area (Å²) in [5.74, 6) is 0.821. The SMILES string of the molecule is CC(C)C1CCC(=O)/C(=N/F)C1. The van der Waals surface area contributed by atoms with Gasteiger partial charge in [-0.1, -0.05) is 23.5 Å². The number of ketones is 1. The maximum atomic E-state index is 11.9. The van der Waals surface area contributed by atoms with Gasteiger partial charge in [-0.05, 0) is 24.7 Å². The van der Waals surface area contributed by atoms with Crippen molar-refractivity contribution in [3.63, 3.8) is 0 Å². The van der Waals surface area contributed by atoms with E-state index in [1.807, 2.05) is 0 Å². The number of halogens is 1. The highest BCUT2D eigenvalue weighted by molar-refractivity contribution is 6.40. The van der Waals surface area contributed by atoms with Crippen LogP contribution in [-0.4, -0.2) is 11.5 Å². The number of hydrogen-bond donors (Lipinski definition) is 0. The molecule has 0 aromatic rings. The van der Waals surface area contributed by atoms with Crippen LogP contribution >= 0.6 is 0 Å². The number of rotatable bonds is 1. The Hall–Kier alpha value is -0.730. The summed E-state index contributed by atoms with van der Waals surface area (Å²) in [4.78, 5) is 11.0. The summed E-state index contributed by atoms with van der Waals surface area (Å²) in [7, 11) is 0. The van der Waals surface area contributed by atoms with E-state index in [0.717, 1.165) is 6.42 Å². The van der Waals surface area contributed by atoms with Gasteiger partial charge in [0.25, 0.3) is 0 Å². The minimum Gasteiger partial charge on any atom is -0.293 e. The fourth-order valence-corrected chi connectivity index (χ4v) is 1.58. The summed E-state index contributed by atoms with van der Waals surface area (Å²) in [5.41, 5.74) is 0.139. The standard InChI is InChI=1S/C9H14FNO/c1-6(2)7-3-4-9(12)8(5-7)11-10/h6-7H,3-5H2,1-2H3/b11-8+. The first-order valence-corrected chi connectivity index (χ1v) is 4.36. The highest BCUT2D eigenvalue weighted by Gasteiger charge is 2.26. The predicted octanol–water partition coefficient (Wildman–Crippen LogP) is 2.34. The summed E-state index contributed by atoms with van der Waals surface area (Å²) in [6.07, 6.45) is 1.87. The fraction of sp³-hybridized carbons (Fsp3) is 0.778. The molecule has 0 aliphatic heterocycles. The molecule has 1 saturated carbocycles. The highest BCUT2D eigenvalue weighted by Crippen LogP contribution is 2.26. The first kappa shape index (κ1) is 9.36. The third-order valence-electron chi connectivity index (χ3n) is 2.56. The third kappa shape index (κ3) is 1.90. The molecule has 0 aromatic carbocycles. The molecule has 0 spiro atoms. The van der Waals surface area contributed by atoms with Crippen LogP contribution in [0.5, 0.6) is 0 Å². The van der Waals surface area contributed by atoms with Gasteiger partial charge in [0.1, 0.15) is 5.71 Å². The summed E-state index contributed by atoms with van der Waals surface area (Å²) in [6.45, 7) is 4.19. The maximum Gasteiger partial charge on any atom is 0.179 e. The molecule has 2 nitrogen and oxygen atoms in total. The topological polar surface area (TPSA) is 29.4 Å². The Morgan fingerprint density at radius 2 is 2.25 bits per heavy atom. The molecule has 0 aromatic heterocycles. The molecule has 68 valence electrons. The van der Waals surface area contributed by atoms with Crippen LogP contribution in [0.15, 0.2) is 5.21 Å². The van der Waals surface area contributed by atoms with Gasteiger partial charge >= 0.3 is 0 Å². The van der Waals surface area contributed by atoms with Crippen LogP contribution in [-0.2, 0) is 4.79 Å². The monoisotopic (exact) mass is 171 g/mol. The number of hydrogen-bond acceptors (Lipinski definition) is 2. The average molecular weight is 171 g/mol. The van der Waals surface area contributed by atoms with Gasteiger partial charge in [-0.15, -0.1) is 0 Å². The lowest BCUT2D eigenvalue weighted by Gasteiger charge is -2.24. The molecule has 1 unspecified atom stereocenters. The molecule has 1 rings (SSSR count). The van der Waals surface area contributed by atoms with E-state index in [1.54, 1.807) is 0 Å². The lowest BCUT2D eigenvalue weighted by Crippen LogP contribution is -2.27. The van der Waals surface area contributed by atoms with Crippen molar-refractivity contribution < 1.29 is 9.28 Å². The molecule has 0 saturated heterocycles. The van der Waals surface area contributed by atoms with Crippen molar-refractivity contribution in [3.8, 4) is 0 Å². The first-order valence-electron chi connectivity index (χ1n) is 4.36. The van der Waals surface area contributed by atoms with Crippen LogP contribution in [0.1, 0.15) is 33.1 Å². The normalized spacial score (nSPS) is 28.5. The van der Waals surface area contributed by atoms with Gasteiger partial charge in [0, 0.05) is 6.42 Å². The number of carbonyl (C=O) groups is 1. The Morgan fingerprint density at radius 1 is 1.58 bits per heavy atom. The van der Waals surface area contributed by atoms with Crippen molar-refractivity contribution in [3.05, 3.63) is 0 Å². The van der Waals surface area contributed by atoms with Gasteiger partial charge in [-0.2, -0.15) is 0 Å². The quantitative estimate of drug-likeness (QED) is 0.595. The second-order valence-corrected chi connectivity index (χ2v) is 3.70. The van der Waals surface area contributed by atoms with Gasteiger partial charge < -0.3 is 0 Å². The van der Waals surface area contributed by atoms with Crippen LogP contribution in [0.3, 0.4) is 0 Å². The molecule has 1 aliphatic carbocycles. The largest absolute Gasteiger partial charge is 0.293 e. The van der Waals surface area contributed by atoms with Crippen molar-refractivity contribution in [1.29, 1.82) is 0 Å². The van der Waals surface area contributed by atoms with Gasteiger partial charge in [0.05, 0.1) is 0 Å². The zero-order valence-corrected chi connectivity index (χ0v) is 7.51. The Bertz CT molecular complexity index is 211. The van der Waals surface area contributed by atoms with E-state index in [-0.39, 0.29) is 11.5 Å². The van der Waals surface area contributed by atoms with Crippen LogP contribution in [0.2, 0.25) is 0 Å². The van der Waals surface area contributed by atoms with Crippen molar-refractivity contribution in [2.24, 2.45) is 17.1 Å². The van der Waals surface area contributed by atoms with Crippen LogP contribution in [0.25, 0.3) is 0 Å². The van der Waals surface area contributed by atoms with Gasteiger partial charge in [-0.3, -0.25) is 4.79 Å². The zero-order valence-electron chi connectivity index (χ0n) is 7.51. The summed E-state index contributed by atoms with van der Waals surface area (Å²) in [6, 6.07) is 0. The molecule has 0 N–H and O–H groups in total. The van der Waals surface area contributed by atoms with Crippen LogP contribution in [0.4, 0.5) is 4.48 Å². The molecular formula is C9H14FNO. The summed E-state index contributed by atoms with van der Waals surface area (Å²) in [5, 5.41) is 2.53. The molecule has 0 bridgehead atoms. The van der Waals surface area contributed by atoms with E-state index < -0.39 is 0 Å². The van der Waals surface area contributed by atoms with Gasteiger partial charge in [0.2, 0.25) is 0 Å². The van der Waals surface area contributed by atoms with E-state index in [4.69, 9.17) is 0 Å². The Balaban J connectivity index is 2.62. The van der Waals surface area contributed by atoms with E-state index in [1.165, 1.54) is 0 Å². The zero-order chi connectivity index (χ0) is 9.14. The molecule has 0 amide bonds. The first-order chi connectivity index (χ1) is 5.65. The molecule has 1 fully saturated rings. The molecule has 12 heavy (non-hydrogen) atoms. The van der Waals surface area contributed by atoms with Gasteiger partial charge in [-0.25, -0.2) is 0 Å². The van der Waals surface area contributed by atoms with Crippen molar-refractivity contribution in [1.82, 2.24) is 0 Å². The lowest BCUT2D eigenvalue weighted by atomic mass is 9.80. The second kappa shape index (κ2) is 3.78. The molecule has 0 heterocycles. The molecule has 1 atom stereocenters. The number of nitrogens with zero attached hydrogens (tertiary/aromatic N) is 1. The van der Waals surface area contributed by atoms with E-state index in [2.05, 4.69) is 19.1 Å². The van der Waals surface area contributed by atoms with E-state index >= 15 is 0 Å². The maximum absolute atomic E-state index is 11.9. The molecule has 0 radical (unpaired) electrons. The van der Waals surface area contributed by atoms with Crippen molar-refractivity contribution in [2.75, 3.05) is 0 Å². The minimum absolute atomic E-state index is 0.116. The summed E-state index contributed by atoms with van der Waals surface area (Å²) >= 11 is 0. The highest BCUT2D eigenvalue weighted by atomic mass is 19.2. The van der Waals surface area contributed by atoms with E-state index in [9.17, 15) is 9.28 Å². The Labute approximate surface area is 71.8 Å². The fourth-order valence-electron chi connectivity index (χ4n) is 1.58. The Kier molecular flexibility index (Phi) is 2.95. The smallest absolute Gasteiger partial charge is 0.179 e. The van der Waals surface area contributed by atoms with Crippen LogP contribution in [0, 0.1) is 11.8 Å². The van der Waals surface area contributed by atoms with E-state index in [0.29, 0.717) is 24.7 Å². The average Bonchev–Trinajstić information content (AvgIpc) is 2.05. The van der Waals surface area contributed by atoms with Crippen molar-refractivity contribution >= 4 is 11.5 Å². The van der Waals surface area contributed by atoms with Crippen LogP contribution < -0.4 is 0 Å². The number of Topliss-reactive ketones (excluding diaryl/α,β-unsaturated/α-hetero) is 1. The summed E-state index contributed by atoms with van der Waals surface area (Å²) < 4.78 is 11.9. The van der Waals surface area contributed by atoms with Crippen molar-refractivity contribution in [2.45, 2.75) is 33.1 Å². The minimum atomic E-state index is -0.116. The predicted molar refractivity (Wildman–Crippen MR) is 45.7 cm³/mol. The Morgan fingerprint density at radius 3 is 2.75 bits per heavy atom. The lowest BCUT2D eigenvalue weighted by molar-refractivity contribution is -0.114. The second-order valence-electron chi connectivity index (χ2n) is 3.70. The molecular weight excluding hydrogens is 157 g/mol. The number of carbonyl (C=O) groups excluding carboxylic acids is 1. The molecule has 1 aliphatic rings. The third-order valence-corrected chi connectivity index (χ3v) is 2.56. The van der Waals surface area contributed by atoms with Gasteiger partial charge in [0.15, 0.2) is 5.78 Å².